The molecule has 118 valence electrons. The molecule has 1 aliphatic rings. The Balaban J connectivity index is 2.31. The second-order valence-electron chi connectivity index (χ2n) is 5.06. The van der Waals surface area contributed by atoms with Crippen molar-refractivity contribution in [3.63, 3.8) is 0 Å². The van der Waals surface area contributed by atoms with E-state index in [4.69, 9.17) is 4.74 Å². The van der Waals surface area contributed by atoms with Crippen LogP contribution in [0.4, 0.5) is 13.2 Å². The number of carbonyl (C=O) groups excluding carboxylic acids is 1. The van der Waals surface area contributed by atoms with Gasteiger partial charge in [0.15, 0.2) is 0 Å². The van der Waals surface area contributed by atoms with Gasteiger partial charge in [0.1, 0.15) is 6.54 Å². The Morgan fingerprint density at radius 1 is 1.40 bits per heavy atom. The maximum absolute atomic E-state index is 12.5. The van der Waals surface area contributed by atoms with Crippen LogP contribution in [0.1, 0.15) is 26.2 Å². The maximum Gasteiger partial charge on any atom is 0.406 e. The van der Waals surface area contributed by atoms with Crippen LogP contribution < -0.4 is 5.32 Å². The lowest BCUT2D eigenvalue weighted by molar-refractivity contribution is -0.161. The van der Waals surface area contributed by atoms with Gasteiger partial charge in [-0.2, -0.15) is 13.2 Å². The highest BCUT2D eigenvalue weighted by Crippen LogP contribution is 2.27. The van der Waals surface area contributed by atoms with Crippen LogP contribution in [0.2, 0.25) is 0 Å². The van der Waals surface area contributed by atoms with Crippen molar-refractivity contribution < 1.29 is 22.7 Å². The summed E-state index contributed by atoms with van der Waals surface area (Å²) in [6, 6.07) is 0. The van der Waals surface area contributed by atoms with Gasteiger partial charge in [-0.05, 0) is 38.6 Å². The second kappa shape index (κ2) is 8.46. The molecule has 1 rings (SSSR count). The van der Waals surface area contributed by atoms with Crippen molar-refractivity contribution >= 4 is 5.91 Å². The van der Waals surface area contributed by atoms with Crippen LogP contribution in [-0.2, 0) is 9.53 Å². The molecule has 0 aliphatic heterocycles. The molecule has 0 unspecified atom stereocenters. The average Bonchev–Trinajstić information content (AvgIpc) is 3.15. The first-order chi connectivity index (χ1) is 9.42. The zero-order valence-corrected chi connectivity index (χ0v) is 11.8. The fourth-order valence-corrected chi connectivity index (χ4v) is 1.83. The molecule has 1 N–H and O–H groups in total. The number of carbonyl (C=O) groups is 1. The van der Waals surface area contributed by atoms with E-state index in [-0.39, 0.29) is 13.1 Å². The molecule has 0 saturated heterocycles. The highest BCUT2D eigenvalue weighted by atomic mass is 19.4. The normalized spacial score (nSPS) is 15.4. The summed E-state index contributed by atoms with van der Waals surface area (Å²) in [6.07, 6.45) is -1.67. The number of nitrogens with one attached hydrogen (secondary N) is 1. The molecule has 1 saturated carbocycles. The van der Waals surface area contributed by atoms with E-state index in [2.05, 4.69) is 5.32 Å². The Morgan fingerprint density at radius 2 is 2.10 bits per heavy atom. The third-order valence-electron chi connectivity index (χ3n) is 3.05. The van der Waals surface area contributed by atoms with Gasteiger partial charge < -0.3 is 15.0 Å². The van der Waals surface area contributed by atoms with E-state index in [1.54, 1.807) is 0 Å². The number of nitrogens with zero attached hydrogens (tertiary/aromatic N) is 1. The molecule has 7 heteroatoms. The molecule has 1 fully saturated rings. The first kappa shape index (κ1) is 17.2. The highest BCUT2D eigenvalue weighted by Gasteiger charge is 2.32. The van der Waals surface area contributed by atoms with Gasteiger partial charge in [0.2, 0.25) is 5.91 Å². The standard InChI is InChI=1S/C13H23F3N2O2/c1-2-20-7-3-6-18(10-13(14,15)16)12(19)9-17-8-11-4-5-11/h11,17H,2-10H2,1H3. The number of amides is 1. The molecule has 0 heterocycles. The number of ether oxygens (including phenoxy) is 1. The van der Waals surface area contributed by atoms with E-state index < -0.39 is 18.6 Å². The van der Waals surface area contributed by atoms with E-state index in [0.717, 1.165) is 17.7 Å². The van der Waals surface area contributed by atoms with Gasteiger partial charge in [-0.25, -0.2) is 0 Å². The third kappa shape index (κ3) is 8.37. The van der Waals surface area contributed by atoms with Gasteiger partial charge in [-0.1, -0.05) is 0 Å². The van der Waals surface area contributed by atoms with E-state index >= 15 is 0 Å². The van der Waals surface area contributed by atoms with Crippen molar-refractivity contribution in [2.24, 2.45) is 5.92 Å². The van der Waals surface area contributed by atoms with Crippen molar-refractivity contribution in [1.82, 2.24) is 10.2 Å². The molecule has 4 nitrogen and oxygen atoms in total. The van der Waals surface area contributed by atoms with Crippen LogP contribution in [0, 0.1) is 5.92 Å². The predicted octanol–water partition coefficient (Wildman–Crippen LogP) is 1.80. The SMILES string of the molecule is CCOCCCN(CC(F)(F)F)C(=O)CNCC1CC1. The minimum absolute atomic E-state index is 0.0266. The number of hydrogen-bond donors (Lipinski definition) is 1. The fourth-order valence-electron chi connectivity index (χ4n) is 1.83. The van der Waals surface area contributed by atoms with Gasteiger partial charge in [0.25, 0.3) is 0 Å². The molecule has 0 atom stereocenters. The molecule has 1 aliphatic carbocycles. The predicted molar refractivity (Wildman–Crippen MR) is 69.3 cm³/mol. The summed E-state index contributed by atoms with van der Waals surface area (Å²) in [6.45, 7) is 2.28. The van der Waals surface area contributed by atoms with Crippen LogP contribution >= 0.6 is 0 Å². The summed E-state index contributed by atoms with van der Waals surface area (Å²) >= 11 is 0. The molecule has 0 aromatic rings. The van der Waals surface area contributed by atoms with Gasteiger partial charge in [-0.3, -0.25) is 4.79 Å². The summed E-state index contributed by atoms with van der Waals surface area (Å²) in [4.78, 5) is 12.7. The molecule has 0 radical (unpaired) electrons. The van der Waals surface area contributed by atoms with Gasteiger partial charge >= 0.3 is 6.18 Å². The Labute approximate surface area is 117 Å². The van der Waals surface area contributed by atoms with Crippen LogP contribution in [-0.4, -0.2) is 56.4 Å². The summed E-state index contributed by atoms with van der Waals surface area (Å²) in [7, 11) is 0. The smallest absolute Gasteiger partial charge is 0.382 e. The highest BCUT2D eigenvalue weighted by molar-refractivity contribution is 5.78. The van der Waals surface area contributed by atoms with Gasteiger partial charge in [0, 0.05) is 19.8 Å². The lowest BCUT2D eigenvalue weighted by Crippen LogP contribution is -2.44. The number of hydrogen-bond acceptors (Lipinski definition) is 3. The molecule has 1 amide bonds. The topological polar surface area (TPSA) is 41.6 Å². The third-order valence-corrected chi connectivity index (χ3v) is 3.05. The molecule has 0 spiro atoms. The Morgan fingerprint density at radius 3 is 2.65 bits per heavy atom. The first-order valence-corrected chi connectivity index (χ1v) is 7.05. The van der Waals surface area contributed by atoms with E-state index in [1.165, 1.54) is 0 Å². The Kier molecular flexibility index (Phi) is 7.29. The van der Waals surface area contributed by atoms with Crippen molar-refractivity contribution in [2.75, 3.05) is 39.4 Å². The van der Waals surface area contributed by atoms with Crippen molar-refractivity contribution in [3.05, 3.63) is 0 Å². The molecular weight excluding hydrogens is 273 g/mol. The number of halogens is 3. The van der Waals surface area contributed by atoms with E-state index in [9.17, 15) is 18.0 Å². The molecule has 0 bridgehead atoms. The second-order valence-corrected chi connectivity index (χ2v) is 5.06. The largest absolute Gasteiger partial charge is 0.406 e. The van der Waals surface area contributed by atoms with Crippen LogP contribution in [0.3, 0.4) is 0 Å². The summed E-state index contributed by atoms with van der Waals surface area (Å²) in [5, 5.41) is 2.93. The minimum atomic E-state index is -4.36. The van der Waals surface area contributed by atoms with Crippen molar-refractivity contribution in [2.45, 2.75) is 32.4 Å². The summed E-state index contributed by atoms with van der Waals surface area (Å²) < 4.78 is 42.4. The van der Waals surface area contributed by atoms with E-state index in [1.807, 2.05) is 6.92 Å². The van der Waals surface area contributed by atoms with Crippen LogP contribution in [0.5, 0.6) is 0 Å². The summed E-state index contributed by atoms with van der Waals surface area (Å²) in [5.41, 5.74) is 0. The number of alkyl halides is 3. The lowest BCUT2D eigenvalue weighted by Gasteiger charge is -2.24. The zero-order valence-electron chi connectivity index (χ0n) is 11.8. The average molecular weight is 296 g/mol. The quantitative estimate of drug-likeness (QED) is 0.625. The molecule has 0 aromatic heterocycles. The fraction of sp³-hybridized carbons (Fsp3) is 0.923. The molecular formula is C13H23F3N2O2. The molecule has 0 aromatic carbocycles. The van der Waals surface area contributed by atoms with Crippen LogP contribution in [0.25, 0.3) is 0 Å². The van der Waals surface area contributed by atoms with Crippen molar-refractivity contribution in [3.8, 4) is 0 Å². The lowest BCUT2D eigenvalue weighted by atomic mass is 10.3. The van der Waals surface area contributed by atoms with Gasteiger partial charge in [0.05, 0.1) is 6.54 Å². The van der Waals surface area contributed by atoms with Gasteiger partial charge in [-0.15, -0.1) is 0 Å². The monoisotopic (exact) mass is 296 g/mol. The minimum Gasteiger partial charge on any atom is -0.382 e. The van der Waals surface area contributed by atoms with Crippen molar-refractivity contribution in [1.29, 1.82) is 0 Å². The zero-order chi connectivity index (χ0) is 15.0. The maximum atomic E-state index is 12.5. The first-order valence-electron chi connectivity index (χ1n) is 7.05. The Bertz CT molecular complexity index is 294. The summed E-state index contributed by atoms with van der Waals surface area (Å²) in [5.74, 6) is 0.0938. The number of rotatable bonds is 10. The van der Waals surface area contributed by atoms with Crippen LogP contribution in [0.15, 0.2) is 0 Å². The molecule has 20 heavy (non-hydrogen) atoms. The Hall–Kier alpha value is -0.820. The van der Waals surface area contributed by atoms with E-state index in [0.29, 0.717) is 32.1 Å².